The lowest BCUT2D eigenvalue weighted by Gasteiger charge is -2.37. The maximum atomic E-state index is 13.9. The number of nitrogens with one attached hydrogen (secondary N) is 1. The van der Waals surface area contributed by atoms with Crippen molar-refractivity contribution in [2.45, 2.75) is 44.3 Å². The van der Waals surface area contributed by atoms with Gasteiger partial charge in [-0.3, -0.25) is 9.48 Å². The molecule has 1 saturated carbocycles. The fourth-order valence-electron chi connectivity index (χ4n) is 4.29. The second-order valence-electron chi connectivity index (χ2n) is 8.88. The number of carbonyl (C=O) groups excluding carboxylic acids is 1. The van der Waals surface area contributed by atoms with Crippen molar-refractivity contribution in [1.29, 1.82) is 0 Å². The first-order valence-electron chi connectivity index (χ1n) is 10.6. The fraction of sp³-hybridized carbons (Fsp3) is 0.391. The number of hydrogen-bond acceptors (Lipinski definition) is 3. The number of benzene rings is 2. The van der Waals surface area contributed by atoms with Crippen molar-refractivity contribution >= 4 is 16.8 Å². The summed E-state index contributed by atoms with van der Waals surface area (Å²) in [5, 5.41) is 16.4. The van der Waals surface area contributed by atoms with E-state index in [-0.39, 0.29) is 12.5 Å². The van der Waals surface area contributed by atoms with Crippen LogP contribution in [0.25, 0.3) is 10.9 Å². The molecule has 0 radical (unpaired) electrons. The molecule has 34 heavy (non-hydrogen) atoms. The van der Waals surface area contributed by atoms with Gasteiger partial charge in [0, 0.05) is 18.1 Å². The molecule has 0 bridgehead atoms. The van der Waals surface area contributed by atoms with Crippen LogP contribution < -0.4 is 5.32 Å². The summed E-state index contributed by atoms with van der Waals surface area (Å²) >= 11 is 0. The third kappa shape index (κ3) is 4.43. The van der Waals surface area contributed by atoms with Gasteiger partial charge in [0.25, 0.3) is 5.91 Å². The Bertz CT molecular complexity index is 1250. The minimum Gasteiger partial charge on any atom is -0.503 e. The molecule has 1 aliphatic rings. The van der Waals surface area contributed by atoms with Gasteiger partial charge in [-0.1, -0.05) is 0 Å². The third-order valence-corrected chi connectivity index (χ3v) is 6.50. The molecule has 1 aromatic heterocycles. The maximum Gasteiger partial charge on any atom is 0.416 e. The average Bonchev–Trinajstić information content (AvgIpc) is 3.23. The van der Waals surface area contributed by atoms with E-state index in [2.05, 4.69) is 10.4 Å². The van der Waals surface area contributed by atoms with Crippen LogP contribution in [0, 0.1) is 23.4 Å². The Hall–Kier alpha value is -3.24. The number of carbonyl (C=O) groups is 1. The number of phenols is 1. The number of halogens is 6. The van der Waals surface area contributed by atoms with E-state index in [0.29, 0.717) is 42.7 Å². The zero-order valence-electron chi connectivity index (χ0n) is 18.0. The summed E-state index contributed by atoms with van der Waals surface area (Å²) in [6.07, 6.45) is -0.301. The summed E-state index contributed by atoms with van der Waals surface area (Å²) in [4.78, 5) is 12.2. The van der Waals surface area contributed by atoms with E-state index < -0.39 is 52.0 Å². The highest BCUT2D eigenvalue weighted by Crippen LogP contribution is 2.38. The molecule has 182 valence electrons. The van der Waals surface area contributed by atoms with Gasteiger partial charge in [0.2, 0.25) is 5.82 Å². The monoisotopic (exact) mass is 485 g/mol. The summed E-state index contributed by atoms with van der Waals surface area (Å²) in [5.74, 6) is -7.37. The van der Waals surface area contributed by atoms with Gasteiger partial charge in [-0.15, -0.1) is 0 Å². The third-order valence-electron chi connectivity index (χ3n) is 6.50. The van der Waals surface area contributed by atoms with E-state index >= 15 is 0 Å². The fourth-order valence-corrected chi connectivity index (χ4v) is 4.29. The quantitative estimate of drug-likeness (QED) is 0.378. The standard InChI is InChI=1S/C23H21F6N3O2/c1-22(32-11-13-8-14(23(27,28)29)2-3-17(13)31-32)6-4-12(5-7-22)10-30-21(34)15-9-16(24)20(33)19(26)18(15)25/h2-3,8-9,11-12,33H,4-7,10H2,1H3,(H,30,34). The molecule has 2 N–H and O–H groups in total. The van der Waals surface area contributed by atoms with Gasteiger partial charge in [0.1, 0.15) is 0 Å². The van der Waals surface area contributed by atoms with Crippen molar-refractivity contribution in [3.05, 3.63) is 59.0 Å². The number of phenolic OH excluding ortho intramolecular Hbond substituents is 1. The van der Waals surface area contributed by atoms with E-state index in [9.17, 15) is 31.1 Å². The minimum atomic E-state index is -4.44. The number of hydrogen-bond donors (Lipinski definition) is 2. The lowest BCUT2D eigenvalue weighted by atomic mass is 9.77. The maximum absolute atomic E-state index is 13.9. The van der Waals surface area contributed by atoms with Crippen molar-refractivity contribution in [2.75, 3.05) is 6.54 Å². The lowest BCUT2D eigenvalue weighted by Crippen LogP contribution is -2.38. The Balaban J connectivity index is 1.40. The summed E-state index contributed by atoms with van der Waals surface area (Å²) in [6.45, 7) is 2.10. The lowest BCUT2D eigenvalue weighted by molar-refractivity contribution is -0.137. The second kappa shape index (κ2) is 8.52. The normalized spacial score (nSPS) is 21.1. The number of amides is 1. The van der Waals surface area contributed by atoms with Gasteiger partial charge in [-0.2, -0.15) is 22.7 Å². The smallest absolute Gasteiger partial charge is 0.416 e. The minimum absolute atomic E-state index is 0.00806. The Kier molecular flexibility index (Phi) is 5.99. The zero-order valence-corrected chi connectivity index (χ0v) is 18.0. The predicted octanol–water partition coefficient (Wildman–Crippen LogP) is 5.51. The van der Waals surface area contributed by atoms with Crippen LogP contribution in [0.3, 0.4) is 0 Å². The summed E-state index contributed by atoms with van der Waals surface area (Å²) in [7, 11) is 0. The summed E-state index contributed by atoms with van der Waals surface area (Å²) in [6, 6.07) is 3.84. The Morgan fingerprint density at radius 3 is 2.50 bits per heavy atom. The Labute approximate surface area is 190 Å². The first kappa shape index (κ1) is 23.9. The van der Waals surface area contributed by atoms with E-state index in [1.165, 1.54) is 6.07 Å². The largest absolute Gasteiger partial charge is 0.503 e. The molecule has 4 rings (SSSR count). The van der Waals surface area contributed by atoms with Gasteiger partial charge in [0.05, 0.1) is 22.2 Å². The predicted molar refractivity (Wildman–Crippen MR) is 111 cm³/mol. The SMILES string of the molecule is CC1(n2cc3cc(C(F)(F)F)ccc3n2)CCC(CNC(=O)c2cc(F)c(O)c(F)c2F)CC1. The van der Waals surface area contributed by atoms with Crippen LogP contribution >= 0.6 is 0 Å². The first-order valence-corrected chi connectivity index (χ1v) is 10.6. The Morgan fingerprint density at radius 1 is 1.18 bits per heavy atom. The van der Waals surface area contributed by atoms with Crippen LogP contribution in [0.5, 0.6) is 5.75 Å². The summed E-state index contributed by atoms with van der Waals surface area (Å²) < 4.78 is 81.5. The van der Waals surface area contributed by atoms with Crippen molar-refractivity contribution in [2.24, 2.45) is 5.92 Å². The van der Waals surface area contributed by atoms with Crippen molar-refractivity contribution in [1.82, 2.24) is 15.1 Å². The van der Waals surface area contributed by atoms with E-state index in [0.717, 1.165) is 12.1 Å². The van der Waals surface area contributed by atoms with Gasteiger partial charge < -0.3 is 10.4 Å². The molecule has 0 unspecified atom stereocenters. The van der Waals surface area contributed by atoms with Crippen LogP contribution in [0.1, 0.15) is 48.5 Å². The molecule has 1 aliphatic carbocycles. The highest BCUT2D eigenvalue weighted by Gasteiger charge is 2.35. The number of nitrogens with zero attached hydrogens (tertiary/aromatic N) is 2. The average molecular weight is 485 g/mol. The van der Waals surface area contributed by atoms with E-state index in [1.54, 1.807) is 10.9 Å². The van der Waals surface area contributed by atoms with Crippen LogP contribution in [0.4, 0.5) is 26.3 Å². The number of aromatic hydroxyl groups is 1. The molecule has 0 spiro atoms. The molecule has 11 heteroatoms. The molecule has 2 aromatic carbocycles. The molecular weight excluding hydrogens is 464 g/mol. The van der Waals surface area contributed by atoms with E-state index in [4.69, 9.17) is 5.11 Å². The van der Waals surface area contributed by atoms with Gasteiger partial charge in [-0.05, 0) is 62.8 Å². The van der Waals surface area contributed by atoms with Crippen LogP contribution in [-0.2, 0) is 11.7 Å². The number of fused-ring (bicyclic) bond motifs is 1. The zero-order chi connectivity index (χ0) is 24.8. The van der Waals surface area contributed by atoms with Gasteiger partial charge in [0.15, 0.2) is 17.4 Å². The number of aromatic nitrogens is 2. The number of alkyl halides is 3. The van der Waals surface area contributed by atoms with Gasteiger partial charge in [-0.25, -0.2) is 8.78 Å². The van der Waals surface area contributed by atoms with Gasteiger partial charge >= 0.3 is 6.18 Å². The molecule has 0 atom stereocenters. The van der Waals surface area contributed by atoms with Crippen LogP contribution in [0.2, 0.25) is 0 Å². The topological polar surface area (TPSA) is 67.2 Å². The molecule has 3 aromatic rings. The second-order valence-corrected chi connectivity index (χ2v) is 8.88. The van der Waals surface area contributed by atoms with Crippen molar-refractivity contribution in [3.8, 4) is 5.75 Å². The molecule has 1 amide bonds. The highest BCUT2D eigenvalue weighted by atomic mass is 19.4. The molecular formula is C23H21F6N3O2. The number of rotatable bonds is 4. The molecule has 5 nitrogen and oxygen atoms in total. The van der Waals surface area contributed by atoms with E-state index in [1.807, 2.05) is 6.92 Å². The van der Waals surface area contributed by atoms with Crippen molar-refractivity contribution in [3.63, 3.8) is 0 Å². The van der Waals surface area contributed by atoms with Crippen molar-refractivity contribution < 1.29 is 36.2 Å². The highest BCUT2D eigenvalue weighted by molar-refractivity contribution is 5.94. The summed E-state index contributed by atoms with van der Waals surface area (Å²) in [5.41, 5.74) is -1.56. The molecule has 1 heterocycles. The molecule has 0 saturated heterocycles. The molecule has 1 fully saturated rings. The van der Waals surface area contributed by atoms with Crippen LogP contribution in [-0.4, -0.2) is 27.3 Å². The Morgan fingerprint density at radius 2 is 1.85 bits per heavy atom. The first-order chi connectivity index (χ1) is 15.9. The molecule has 0 aliphatic heterocycles. The van der Waals surface area contributed by atoms with Crippen LogP contribution in [0.15, 0.2) is 30.5 Å².